The maximum absolute atomic E-state index is 14.1. The maximum Gasteiger partial charge on any atom is 0.318 e. The number of benzene rings is 2. The highest BCUT2D eigenvalue weighted by atomic mass is 32.2. The lowest BCUT2D eigenvalue weighted by Crippen LogP contribution is -2.58. The summed E-state index contributed by atoms with van der Waals surface area (Å²) in [6.07, 6.45) is 4.42. The van der Waals surface area contributed by atoms with Crippen LogP contribution < -0.4 is 10.6 Å². The number of hydrogen-bond donors (Lipinski definition) is 5. The Morgan fingerprint density at radius 1 is 1.00 bits per heavy atom. The van der Waals surface area contributed by atoms with Gasteiger partial charge < -0.3 is 31.1 Å². The van der Waals surface area contributed by atoms with Crippen LogP contribution in [0.4, 0.5) is 4.79 Å². The Bertz CT molecular complexity index is 1840. The summed E-state index contributed by atoms with van der Waals surface area (Å²) in [6.45, 7) is 5.43. The highest BCUT2D eigenvalue weighted by molar-refractivity contribution is 7.89. The third-order valence-corrected chi connectivity index (χ3v) is 11.8. The van der Waals surface area contributed by atoms with E-state index in [2.05, 4.69) is 25.9 Å². The Morgan fingerprint density at radius 3 is 2.31 bits per heavy atom. The molecule has 3 amide bonds. The molecule has 5 N–H and O–H groups in total. The lowest BCUT2D eigenvalue weighted by molar-refractivity contribution is -0.125. The van der Waals surface area contributed by atoms with Crippen LogP contribution in [0.3, 0.4) is 0 Å². The van der Waals surface area contributed by atoms with E-state index in [4.69, 9.17) is 10.4 Å². The molecule has 2 aromatic carbocycles. The number of aromatic nitrogens is 1. The number of aliphatic hydroxyl groups excluding tert-OH is 1. The normalized spacial score (nSPS) is 16.2. The van der Waals surface area contributed by atoms with Crippen molar-refractivity contribution in [2.75, 3.05) is 20.1 Å². The Balaban J connectivity index is 1.57. The number of amides is 3. The standard InChI is InChI=1S/C39H53N7O7S/c1-5-27(2)37(43-39(49)45(4)25-32-16-11-17-34(41-32)28(3)44-51)38(48)42-35(22-29-12-7-6-8-13-29)36(47)26-46(24-31-14-9-10-15-31)54(52,53)33-20-18-30(19-21-33)23-40-50/h6-8,11-13,16-21,23,27,31,35-37,47,50-51H,5,9-10,14-15,22,24-26H2,1-4H3,(H,42,48)(H,43,49)/b40-23+,44-28+/t27-,35-,36?,37+/m0/s1. The molecule has 1 aliphatic rings. The fourth-order valence-corrected chi connectivity index (χ4v) is 8.07. The Hall–Kier alpha value is -4.86. The molecule has 14 nitrogen and oxygen atoms in total. The number of carbonyl (C=O) groups excluding carboxylic acids is 2. The van der Waals surface area contributed by atoms with Gasteiger partial charge in [0.1, 0.15) is 11.8 Å². The van der Waals surface area contributed by atoms with Crippen molar-refractivity contribution in [2.24, 2.45) is 22.1 Å². The van der Waals surface area contributed by atoms with Crippen molar-refractivity contribution in [3.8, 4) is 0 Å². The largest absolute Gasteiger partial charge is 0.411 e. The third kappa shape index (κ3) is 11.6. The van der Waals surface area contributed by atoms with E-state index in [1.54, 1.807) is 32.2 Å². The fraction of sp³-hybridized carbons (Fsp3) is 0.462. The summed E-state index contributed by atoms with van der Waals surface area (Å²) >= 11 is 0. The van der Waals surface area contributed by atoms with Gasteiger partial charge in [0, 0.05) is 20.1 Å². The molecule has 1 aromatic heterocycles. The summed E-state index contributed by atoms with van der Waals surface area (Å²) < 4.78 is 29.5. The van der Waals surface area contributed by atoms with Crippen molar-refractivity contribution < 1.29 is 33.5 Å². The van der Waals surface area contributed by atoms with Crippen molar-refractivity contribution in [3.63, 3.8) is 0 Å². The molecule has 1 saturated carbocycles. The van der Waals surface area contributed by atoms with Crippen molar-refractivity contribution in [3.05, 3.63) is 95.3 Å². The third-order valence-electron chi connectivity index (χ3n) is 9.99. The molecule has 1 aliphatic carbocycles. The summed E-state index contributed by atoms with van der Waals surface area (Å²) in [6, 6.07) is 18.0. The highest BCUT2D eigenvalue weighted by Crippen LogP contribution is 2.28. The van der Waals surface area contributed by atoms with Crippen molar-refractivity contribution in [2.45, 2.75) is 88.9 Å². The summed E-state index contributed by atoms with van der Waals surface area (Å²) in [5, 5.41) is 42.0. The van der Waals surface area contributed by atoms with Gasteiger partial charge in [-0.15, -0.1) is 0 Å². The molecule has 4 rings (SSSR count). The number of rotatable bonds is 18. The lowest BCUT2D eigenvalue weighted by Gasteiger charge is -2.33. The number of oxime groups is 2. The van der Waals surface area contributed by atoms with Crippen molar-refractivity contribution in [1.82, 2.24) is 24.8 Å². The van der Waals surface area contributed by atoms with Gasteiger partial charge in [-0.25, -0.2) is 18.2 Å². The average molecular weight is 764 g/mol. The molecule has 0 radical (unpaired) electrons. The van der Waals surface area contributed by atoms with Gasteiger partial charge in [-0.3, -0.25) is 4.79 Å². The zero-order valence-electron chi connectivity index (χ0n) is 31.4. The van der Waals surface area contributed by atoms with Crippen LogP contribution in [-0.4, -0.2) is 100 Å². The predicted octanol–water partition coefficient (Wildman–Crippen LogP) is 4.61. The molecule has 1 heterocycles. The van der Waals surface area contributed by atoms with E-state index in [0.29, 0.717) is 29.1 Å². The number of aliphatic hydroxyl groups is 1. The topological polar surface area (TPSA) is 197 Å². The number of pyridine rings is 1. The van der Waals surface area contributed by atoms with Gasteiger partial charge in [0.15, 0.2) is 0 Å². The number of urea groups is 1. The number of nitrogens with zero attached hydrogens (tertiary/aromatic N) is 5. The fourth-order valence-electron chi connectivity index (χ4n) is 6.53. The maximum atomic E-state index is 14.1. The smallest absolute Gasteiger partial charge is 0.318 e. The molecule has 3 aromatic rings. The molecule has 0 bridgehead atoms. The van der Waals surface area contributed by atoms with Gasteiger partial charge in [-0.1, -0.05) is 92.0 Å². The van der Waals surface area contributed by atoms with E-state index in [-0.39, 0.29) is 42.8 Å². The van der Waals surface area contributed by atoms with E-state index in [1.165, 1.54) is 39.7 Å². The van der Waals surface area contributed by atoms with Crippen LogP contribution in [0.15, 0.2) is 88.0 Å². The minimum absolute atomic E-state index is 0.0358. The SMILES string of the molecule is CC[C@H](C)[C@@H](NC(=O)N(C)Cc1cccc(/C(C)=N/O)n1)C(=O)N[C@@H](Cc1ccccc1)C(O)CN(CC1CCCC1)S(=O)(=O)c1ccc(/C=N/O)cc1. The summed E-state index contributed by atoms with van der Waals surface area (Å²) in [5.41, 5.74) is 2.69. The molecule has 15 heteroatoms. The monoisotopic (exact) mass is 763 g/mol. The Labute approximate surface area is 318 Å². The quantitative estimate of drug-likeness (QED) is 0.0703. The average Bonchev–Trinajstić information content (AvgIpc) is 3.69. The van der Waals surface area contributed by atoms with Crippen molar-refractivity contribution >= 4 is 33.9 Å². The lowest BCUT2D eigenvalue weighted by atomic mass is 9.96. The zero-order chi connectivity index (χ0) is 39.3. The van der Waals surface area contributed by atoms with E-state index >= 15 is 0 Å². The first-order chi connectivity index (χ1) is 25.9. The van der Waals surface area contributed by atoms with E-state index in [1.807, 2.05) is 44.2 Å². The van der Waals surface area contributed by atoms with Gasteiger partial charge in [-0.05, 0) is 73.4 Å². The number of sulfonamides is 1. The molecule has 0 saturated heterocycles. The summed E-state index contributed by atoms with van der Waals surface area (Å²) in [7, 11) is -2.50. The van der Waals surface area contributed by atoms with Crippen LogP contribution in [0.25, 0.3) is 0 Å². The minimum Gasteiger partial charge on any atom is -0.411 e. The van der Waals surface area contributed by atoms with Crippen LogP contribution in [0.2, 0.25) is 0 Å². The highest BCUT2D eigenvalue weighted by Gasteiger charge is 2.35. The first-order valence-electron chi connectivity index (χ1n) is 18.3. The van der Waals surface area contributed by atoms with Crippen LogP contribution in [-0.2, 0) is 27.8 Å². The van der Waals surface area contributed by atoms with Gasteiger partial charge in [-0.2, -0.15) is 4.31 Å². The van der Waals surface area contributed by atoms with Crippen molar-refractivity contribution in [1.29, 1.82) is 0 Å². The minimum atomic E-state index is -4.08. The number of carbonyl (C=O) groups is 2. The van der Waals surface area contributed by atoms with Crippen LogP contribution in [0.1, 0.15) is 75.4 Å². The number of hydrogen-bond acceptors (Lipinski definition) is 10. The van der Waals surface area contributed by atoms with Gasteiger partial charge in [0.05, 0.1) is 41.2 Å². The molecule has 0 spiro atoms. The molecular weight excluding hydrogens is 711 g/mol. The zero-order valence-corrected chi connectivity index (χ0v) is 32.2. The molecule has 1 fully saturated rings. The second-order valence-electron chi connectivity index (χ2n) is 14.0. The first-order valence-corrected chi connectivity index (χ1v) is 19.8. The molecule has 54 heavy (non-hydrogen) atoms. The predicted molar refractivity (Wildman–Crippen MR) is 206 cm³/mol. The van der Waals surface area contributed by atoms with E-state index in [9.17, 15) is 23.1 Å². The summed E-state index contributed by atoms with van der Waals surface area (Å²) in [4.78, 5) is 33.5. The van der Waals surface area contributed by atoms with Crippen LogP contribution in [0.5, 0.6) is 0 Å². The van der Waals surface area contributed by atoms with E-state index in [0.717, 1.165) is 31.2 Å². The Kier molecular flexibility index (Phi) is 15.5. The molecule has 292 valence electrons. The second-order valence-corrected chi connectivity index (χ2v) is 16.0. The van der Waals surface area contributed by atoms with Crippen LogP contribution >= 0.6 is 0 Å². The van der Waals surface area contributed by atoms with Gasteiger partial charge >= 0.3 is 6.03 Å². The molecular formula is C39H53N7O7S. The number of nitrogens with one attached hydrogen (secondary N) is 2. The second kappa shape index (κ2) is 20.0. The van der Waals surface area contributed by atoms with Gasteiger partial charge in [0.25, 0.3) is 0 Å². The Morgan fingerprint density at radius 2 is 1.69 bits per heavy atom. The van der Waals surface area contributed by atoms with E-state index < -0.39 is 40.1 Å². The molecule has 1 unspecified atom stereocenters. The summed E-state index contributed by atoms with van der Waals surface area (Å²) in [5.74, 6) is -0.673. The molecule has 4 atom stereocenters. The first kappa shape index (κ1) is 41.9. The van der Waals surface area contributed by atoms with Gasteiger partial charge in [0.2, 0.25) is 15.9 Å². The van der Waals surface area contributed by atoms with Crippen LogP contribution in [0, 0.1) is 11.8 Å². The molecule has 0 aliphatic heterocycles.